The molecule has 0 saturated heterocycles. The van der Waals surface area contributed by atoms with E-state index < -0.39 is 0 Å². The van der Waals surface area contributed by atoms with Gasteiger partial charge in [0, 0.05) is 12.6 Å². The third kappa shape index (κ3) is 3.49. The fraction of sp³-hybridized carbons (Fsp3) is 0.400. The summed E-state index contributed by atoms with van der Waals surface area (Å²) in [6.45, 7) is 1.35. The van der Waals surface area contributed by atoms with Crippen LogP contribution in [0.15, 0.2) is 33.6 Å². The van der Waals surface area contributed by atoms with Gasteiger partial charge in [0.05, 0.1) is 27.2 Å². The molecule has 1 aliphatic rings. The average Bonchev–Trinajstić information content (AvgIpc) is 3.18. The summed E-state index contributed by atoms with van der Waals surface area (Å²) in [5.41, 5.74) is 2.32. The number of benzene rings is 1. The van der Waals surface area contributed by atoms with Crippen molar-refractivity contribution in [2.75, 3.05) is 7.05 Å². The van der Waals surface area contributed by atoms with Crippen molar-refractivity contribution >= 4 is 31.9 Å². The largest absolute Gasteiger partial charge is 0.485 e. The first kappa shape index (κ1) is 15.1. The monoisotopic (exact) mass is 413 g/mol. The third-order valence-electron chi connectivity index (χ3n) is 3.49. The fourth-order valence-electron chi connectivity index (χ4n) is 2.33. The molecule has 0 amide bonds. The van der Waals surface area contributed by atoms with Gasteiger partial charge in [0.1, 0.15) is 12.4 Å². The maximum absolute atomic E-state index is 5.99. The van der Waals surface area contributed by atoms with Crippen LogP contribution in [-0.4, -0.2) is 16.6 Å². The Bertz CT molecular complexity index is 615. The first-order chi connectivity index (χ1) is 10.2. The maximum atomic E-state index is 5.99. The number of nitrogens with one attached hydrogen (secondary N) is 1. The second kappa shape index (κ2) is 6.50. The Balaban J connectivity index is 1.74. The number of nitrogens with zero attached hydrogens (tertiary/aromatic N) is 2. The van der Waals surface area contributed by atoms with Crippen LogP contribution in [0.4, 0.5) is 0 Å². The molecule has 0 bridgehead atoms. The minimum Gasteiger partial charge on any atom is -0.485 e. The van der Waals surface area contributed by atoms with Crippen LogP contribution in [0.2, 0.25) is 0 Å². The lowest BCUT2D eigenvalue weighted by Crippen LogP contribution is -2.06. The lowest BCUT2D eigenvalue weighted by Gasteiger charge is -2.13. The zero-order valence-electron chi connectivity index (χ0n) is 11.8. The van der Waals surface area contributed by atoms with Gasteiger partial charge in [-0.2, -0.15) is 0 Å². The molecule has 1 aromatic heterocycles. The van der Waals surface area contributed by atoms with E-state index in [9.17, 15) is 0 Å². The lowest BCUT2D eigenvalue weighted by molar-refractivity contribution is 0.291. The molecule has 1 saturated carbocycles. The van der Waals surface area contributed by atoms with Crippen molar-refractivity contribution < 1.29 is 4.74 Å². The van der Waals surface area contributed by atoms with Crippen LogP contribution in [0.25, 0.3) is 0 Å². The van der Waals surface area contributed by atoms with Crippen LogP contribution >= 0.6 is 31.9 Å². The van der Waals surface area contributed by atoms with Crippen molar-refractivity contribution in [1.82, 2.24) is 14.9 Å². The van der Waals surface area contributed by atoms with Crippen LogP contribution in [0, 0.1) is 0 Å². The molecule has 0 radical (unpaired) electrons. The van der Waals surface area contributed by atoms with E-state index in [2.05, 4.69) is 58.9 Å². The highest BCUT2D eigenvalue weighted by Gasteiger charge is 2.25. The molecule has 0 spiro atoms. The van der Waals surface area contributed by atoms with Crippen molar-refractivity contribution in [1.29, 1.82) is 0 Å². The summed E-state index contributed by atoms with van der Waals surface area (Å²) in [5.74, 6) is 0.832. The molecule has 0 aliphatic heterocycles. The van der Waals surface area contributed by atoms with E-state index in [1.165, 1.54) is 18.4 Å². The quantitative estimate of drug-likeness (QED) is 0.775. The second-order valence-corrected chi connectivity index (χ2v) is 6.94. The van der Waals surface area contributed by atoms with E-state index in [4.69, 9.17) is 4.74 Å². The van der Waals surface area contributed by atoms with E-state index in [0.29, 0.717) is 12.6 Å². The topological polar surface area (TPSA) is 39.1 Å². The Hall–Kier alpha value is -0.850. The normalized spacial score (nSPS) is 14.4. The van der Waals surface area contributed by atoms with Crippen LogP contribution in [0.1, 0.15) is 30.1 Å². The van der Waals surface area contributed by atoms with E-state index in [1.807, 2.05) is 19.6 Å². The van der Waals surface area contributed by atoms with Gasteiger partial charge in [-0.3, -0.25) is 0 Å². The number of halogens is 2. The zero-order chi connectivity index (χ0) is 14.8. The van der Waals surface area contributed by atoms with Crippen LogP contribution < -0.4 is 10.1 Å². The van der Waals surface area contributed by atoms with Crippen LogP contribution in [-0.2, 0) is 13.2 Å². The summed E-state index contributed by atoms with van der Waals surface area (Å²) < 4.78 is 10.1. The van der Waals surface area contributed by atoms with E-state index in [-0.39, 0.29) is 0 Å². The maximum Gasteiger partial charge on any atom is 0.148 e. The van der Waals surface area contributed by atoms with Crippen molar-refractivity contribution in [2.45, 2.75) is 32.0 Å². The predicted octanol–water partition coefficient (Wildman–Crippen LogP) is 4.04. The molecule has 1 heterocycles. The number of rotatable bonds is 6. The van der Waals surface area contributed by atoms with Gasteiger partial charge in [-0.25, -0.2) is 4.98 Å². The number of ether oxygens (including phenoxy) is 1. The summed E-state index contributed by atoms with van der Waals surface area (Å²) in [7, 11) is 1.94. The molecule has 1 N–H and O–H groups in total. The molecule has 4 nitrogen and oxygen atoms in total. The summed E-state index contributed by atoms with van der Waals surface area (Å²) in [5, 5.41) is 3.15. The molecular weight excluding hydrogens is 398 g/mol. The number of hydrogen-bond donors (Lipinski definition) is 1. The Morgan fingerprint density at radius 3 is 2.67 bits per heavy atom. The van der Waals surface area contributed by atoms with Crippen molar-refractivity contribution in [3.05, 3.63) is 44.9 Å². The number of imidazole rings is 1. The van der Waals surface area contributed by atoms with Gasteiger partial charge in [-0.15, -0.1) is 0 Å². The minimum atomic E-state index is 0.527. The smallest absolute Gasteiger partial charge is 0.148 e. The number of aromatic nitrogens is 2. The van der Waals surface area contributed by atoms with Gasteiger partial charge < -0.3 is 14.6 Å². The molecule has 2 aromatic rings. The molecular formula is C15H17Br2N3O. The van der Waals surface area contributed by atoms with Gasteiger partial charge in [0.25, 0.3) is 0 Å². The second-order valence-electron chi connectivity index (χ2n) is 5.23. The van der Waals surface area contributed by atoms with Gasteiger partial charge in [-0.05, 0) is 69.4 Å². The molecule has 21 heavy (non-hydrogen) atoms. The van der Waals surface area contributed by atoms with Crippen LogP contribution in [0.5, 0.6) is 5.75 Å². The van der Waals surface area contributed by atoms with Gasteiger partial charge in [-0.1, -0.05) is 0 Å². The van der Waals surface area contributed by atoms with Gasteiger partial charge in [0.2, 0.25) is 0 Å². The molecule has 0 atom stereocenters. The highest BCUT2D eigenvalue weighted by atomic mass is 79.9. The van der Waals surface area contributed by atoms with Gasteiger partial charge in [0.15, 0.2) is 0 Å². The Morgan fingerprint density at radius 1 is 1.33 bits per heavy atom. The zero-order valence-corrected chi connectivity index (χ0v) is 14.9. The van der Waals surface area contributed by atoms with Gasteiger partial charge >= 0.3 is 0 Å². The highest BCUT2D eigenvalue weighted by Crippen LogP contribution is 2.37. The van der Waals surface area contributed by atoms with Crippen molar-refractivity contribution in [3.63, 3.8) is 0 Å². The lowest BCUT2D eigenvalue weighted by atomic mass is 10.2. The first-order valence-electron chi connectivity index (χ1n) is 6.95. The average molecular weight is 415 g/mol. The summed E-state index contributed by atoms with van der Waals surface area (Å²) in [6.07, 6.45) is 6.27. The number of hydrogen-bond acceptors (Lipinski definition) is 3. The molecule has 1 aliphatic carbocycles. The van der Waals surface area contributed by atoms with Crippen molar-refractivity contribution in [2.24, 2.45) is 0 Å². The first-order valence-corrected chi connectivity index (χ1v) is 8.53. The molecule has 0 unspecified atom stereocenters. The molecule has 1 fully saturated rings. The fourth-order valence-corrected chi connectivity index (χ4v) is 3.84. The molecule has 1 aromatic carbocycles. The third-order valence-corrected chi connectivity index (χ3v) is 4.67. The Kier molecular flexibility index (Phi) is 4.66. The van der Waals surface area contributed by atoms with Crippen molar-refractivity contribution in [3.8, 4) is 5.75 Å². The standard InChI is InChI=1S/C15H17Br2N3O/c1-18-6-10-4-13(16)15(14(17)5-10)21-8-12-7-19-9-20(12)11-2-3-11/h4-5,7,9,11,18H,2-3,6,8H2,1H3. The molecule has 6 heteroatoms. The summed E-state index contributed by atoms with van der Waals surface area (Å²) >= 11 is 7.17. The minimum absolute atomic E-state index is 0.527. The molecule has 3 rings (SSSR count). The SMILES string of the molecule is CNCc1cc(Br)c(OCc2cncn2C2CC2)c(Br)c1. The molecule has 112 valence electrons. The van der Waals surface area contributed by atoms with E-state index in [0.717, 1.165) is 26.9 Å². The summed E-state index contributed by atoms with van der Waals surface area (Å²) in [4.78, 5) is 4.23. The Labute approximate surface area is 141 Å². The highest BCUT2D eigenvalue weighted by molar-refractivity contribution is 9.11. The van der Waals surface area contributed by atoms with E-state index >= 15 is 0 Å². The Morgan fingerprint density at radius 2 is 2.05 bits per heavy atom. The summed E-state index contributed by atoms with van der Waals surface area (Å²) in [6, 6.07) is 4.78. The van der Waals surface area contributed by atoms with E-state index in [1.54, 1.807) is 0 Å². The van der Waals surface area contributed by atoms with Crippen LogP contribution in [0.3, 0.4) is 0 Å². The predicted molar refractivity (Wildman–Crippen MR) is 89.4 cm³/mol.